The first-order valence-electron chi connectivity index (χ1n) is 6.32. The average Bonchev–Trinajstić information content (AvgIpc) is 2.48. The summed E-state index contributed by atoms with van der Waals surface area (Å²) >= 11 is 0. The fourth-order valence-corrected chi connectivity index (χ4v) is 3.18. The molecule has 0 radical (unpaired) electrons. The second-order valence-electron chi connectivity index (χ2n) is 4.58. The summed E-state index contributed by atoms with van der Waals surface area (Å²) in [5, 5.41) is 8.77. The molecular formula is C13H15NO6S. The molecule has 1 saturated heterocycles. The Morgan fingerprint density at radius 3 is 2.24 bits per heavy atom. The Bertz CT molecular complexity index is 631. The molecule has 1 N–H and O–H groups in total. The van der Waals surface area contributed by atoms with Gasteiger partial charge in [0.1, 0.15) is 5.75 Å². The Kier molecular flexibility index (Phi) is 4.59. The molecule has 0 aromatic heterocycles. The van der Waals surface area contributed by atoms with E-state index >= 15 is 0 Å². The Balaban J connectivity index is 2.10. The fraction of sp³-hybridized carbons (Fsp3) is 0.385. The minimum absolute atomic E-state index is 0.00606. The zero-order valence-corrected chi connectivity index (χ0v) is 12.0. The van der Waals surface area contributed by atoms with E-state index < -0.39 is 27.5 Å². The number of rotatable bonds is 4. The lowest BCUT2D eigenvalue weighted by Gasteiger charge is -2.26. The number of carbonyl (C=O) groups is 2. The number of nitrogens with zero attached hydrogens (tertiary/aromatic N) is 1. The van der Waals surface area contributed by atoms with Crippen LogP contribution >= 0.6 is 0 Å². The summed E-state index contributed by atoms with van der Waals surface area (Å²) in [6.07, 6.45) is 0. The molecule has 0 bridgehead atoms. The van der Waals surface area contributed by atoms with Gasteiger partial charge in [0.2, 0.25) is 5.91 Å². The fourth-order valence-electron chi connectivity index (χ4n) is 1.95. The molecule has 1 amide bonds. The van der Waals surface area contributed by atoms with Crippen LogP contribution < -0.4 is 0 Å². The number of aromatic carboxylic acids is 1. The summed E-state index contributed by atoms with van der Waals surface area (Å²) in [6, 6.07) is 4.81. The number of carboxylic acids is 1. The molecule has 1 heterocycles. The number of carbonyl (C=O) groups excluding carboxylic acids is 1. The van der Waals surface area contributed by atoms with Crippen LogP contribution in [0.2, 0.25) is 0 Å². The first kappa shape index (κ1) is 15.5. The van der Waals surface area contributed by atoms with Gasteiger partial charge in [-0.05, 0) is 24.3 Å². The van der Waals surface area contributed by atoms with Gasteiger partial charge in [0.05, 0.1) is 23.7 Å². The van der Waals surface area contributed by atoms with Crippen LogP contribution in [0, 0.1) is 0 Å². The van der Waals surface area contributed by atoms with E-state index in [-0.39, 0.29) is 10.5 Å². The molecule has 1 aliphatic rings. The highest BCUT2D eigenvalue weighted by Crippen LogP contribution is 2.14. The quantitative estimate of drug-likeness (QED) is 0.841. The van der Waals surface area contributed by atoms with E-state index in [4.69, 9.17) is 9.84 Å². The van der Waals surface area contributed by atoms with Crippen molar-refractivity contribution in [3.05, 3.63) is 29.8 Å². The largest absolute Gasteiger partial charge is 0.478 e. The van der Waals surface area contributed by atoms with Gasteiger partial charge >= 0.3 is 5.97 Å². The maximum Gasteiger partial charge on any atom is 0.335 e. The van der Waals surface area contributed by atoms with Crippen molar-refractivity contribution in [1.29, 1.82) is 0 Å². The standard InChI is InChI=1S/C13H15NO6S/c15-12(14-5-7-20-8-6-14)9-21(18,19)11-3-1-10(2-4-11)13(16)17/h1-4H,5-9H2,(H,16,17). The normalized spacial score (nSPS) is 15.7. The molecule has 21 heavy (non-hydrogen) atoms. The smallest absolute Gasteiger partial charge is 0.335 e. The predicted molar refractivity (Wildman–Crippen MR) is 72.9 cm³/mol. The van der Waals surface area contributed by atoms with E-state index in [0.717, 1.165) is 0 Å². The number of amides is 1. The molecule has 8 heteroatoms. The maximum atomic E-state index is 12.1. The van der Waals surface area contributed by atoms with Crippen LogP contribution in [-0.2, 0) is 19.4 Å². The molecule has 0 spiro atoms. The number of hydrogen-bond donors (Lipinski definition) is 1. The summed E-state index contributed by atoms with van der Waals surface area (Å²) in [5.74, 6) is -2.23. The average molecular weight is 313 g/mol. The predicted octanol–water partition coefficient (Wildman–Crippen LogP) is 0.0173. The van der Waals surface area contributed by atoms with E-state index in [9.17, 15) is 18.0 Å². The summed E-state index contributed by atoms with van der Waals surface area (Å²) in [5.41, 5.74) is -0.00606. The number of ether oxygens (including phenoxy) is 1. The van der Waals surface area contributed by atoms with Crippen molar-refractivity contribution in [1.82, 2.24) is 4.90 Å². The molecular weight excluding hydrogens is 298 g/mol. The van der Waals surface area contributed by atoms with E-state index in [2.05, 4.69) is 0 Å². The lowest BCUT2D eigenvalue weighted by molar-refractivity contribution is -0.132. The minimum atomic E-state index is -3.78. The van der Waals surface area contributed by atoms with Crippen LogP contribution in [0.4, 0.5) is 0 Å². The minimum Gasteiger partial charge on any atom is -0.478 e. The second kappa shape index (κ2) is 6.23. The first-order valence-corrected chi connectivity index (χ1v) is 7.97. The SMILES string of the molecule is O=C(O)c1ccc(S(=O)(=O)CC(=O)N2CCOCC2)cc1. The summed E-state index contributed by atoms with van der Waals surface area (Å²) in [7, 11) is -3.78. The molecule has 0 saturated carbocycles. The summed E-state index contributed by atoms with van der Waals surface area (Å²) in [4.78, 5) is 24.1. The van der Waals surface area contributed by atoms with Crippen LogP contribution in [0.3, 0.4) is 0 Å². The number of morpholine rings is 1. The Hall–Kier alpha value is -1.93. The lowest BCUT2D eigenvalue weighted by Crippen LogP contribution is -2.43. The van der Waals surface area contributed by atoms with Crippen LogP contribution in [0.5, 0.6) is 0 Å². The van der Waals surface area contributed by atoms with Crippen molar-refractivity contribution in [2.45, 2.75) is 4.90 Å². The van der Waals surface area contributed by atoms with Gasteiger partial charge in [0.15, 0.2) is 9.84 Å². The molecule has 1 fully saturated rings. The van der Waals surface area contributed by atoms with Crippen molar-refractivity contribution in [3.63, 3.8) is 0 Å². The monoisotopic (exact) mass is 313 g/mol. The third kappa shape index (κ3) is 3.79. The zero-order valence-electron chi connectivity index (χ0n) is 11.2. The van der Waals surface area contributed by atoms with Crippen LogP contribution in [-0.4, -0.2) is 62.4 Å². The van der Waals surface area contributed by atoms with Gasteiger partial charge in [-0.2, -0.15) is 0 Å². The zero-order chi connectivity index (χ0) is 15.5. The number of hydrogen-bond acceptors (Lipinski definition) is 5. The molecule has 7 nitrogen and oxygen atoms in total. The highest BCUT2D eigenvalue weighted by atomic mass is 32.2. The van der Waals surface area contributed by atoms with E-state index in [0.29, 0.717) is 26.3 Å². The summed E-state index contributed by atoms with van der Waals surface area (Å²) in [6.45, 7) is 1.57. The van der Waals surface area contributed by atoms with Gasteiger partial charge in [-0.3, -0.25) is 4.79 Å². The number of sulfone groups is 1. The van der Waals surface area contributed by atoms with Crippen LogP contribution in [0.1, 0.15) is 10.4 Å². The van der Waals surface area contributed by atoms with Gasteiger partial charge < -0.3 is 14.7 Å². The molecule has 0 aliphatic carbocycles. The van der Waals surface area contributed by atoms with Crippen molar-refractivity contribution in [3.8, 4) is 0 Å². The molecule has 2 rings (SSSR count). The Morgan fingerprint density at radius 1 is 1.14 bits per heavy atom. The molecule has 1 aliphatic heterocycles. The van der Waals surface area contributed by atoms with Gasteiger partial charge in [-0.15, -0.1) is 0 Å². The van der Waals surface area contributed by atoms with Gasteiger partial charge in [0, 0.05) is 13.1 Å². The third-order valence-electron chi connectivity index (χ3n) is 3.14. The summed E-state index contributed by atoms with van der Waals surface area (Å²) < 4.78 is 29.4. The maximum absolute atomic E-state index is 12.1. The third-order valence-corrected chi connectivity index (χ3v) is 4.76. The van der Waals surface area contributed by atoms with E-state index in [1.165, 1.54) is 29.2 Å². The molecule has 0 unspecified atom stereocenters. The van der Waals surface area contributed by atoms with Gasteiger partial charge in [-0.1, -0.05) is 0 Å². The van der Waals surface area contributed by atoms with Crippen LogP contribution in [0.25, 0.3) is 0 Å². The van der Waals surface area contributed by atoms with Gasteiger partial charge in [-0.25, -0.2) is 13.2 Å². The van der Waals surface area contributed by atoms with E-state index in [1.54, 1.807) is 0 Å². The topological polar surface area (TPSA) is 101 Å². The van der Waals surface area contributed by atoms with Crippen molar-refractivity contribution in [2.75, 3.05) is 32.1 Å². The van der Waals surface area contributed by atoms with Crippen molar-refractivity contribution < 1.29 is 27.9 Å². The van der Waals surface area contributed by atoms with Crippen molar-refractivity contribution in [2.24, 2.45) is 0 Å². The molecule has 0 atom stereocenters. The highest BCUT2D eigenvalue weighted by molar-refractivity contribution is 7.92. The molecule has 1 aromatic rings. The van der Waals surface area contributed by atoms with Gasteiger partial charge in [0.25, 0.3) is 0 Å². The van der Waals surface area contributed by atoms with Crippen LogP contribution in [0.15, 0.2) is 29.2 Å². The molecule has 1 aromatic carbocycles. The van der Waals surface area contributed by atoms with E-state index in [1.807, 2.05) is 0 Å². The number of benzene rings is 1. The second-order valence-corrected chi connectivity index (χ2v) is 6.57. The molecule has 114 valence electrons. The lowest BCUT2D eigenvalue weighted by atomic mass is 10.2. The number of carboxylic acid groups (broad SMARTS) is 1. The first-order chi connectivity index (χ1) is 9.90. The Morgan fingerprint density at radius 2 is 1.71 bits per heavy atom. The Labute approximate surface area is 122 Å². The highest BCUT2D eigenvalue weighted by Gasteiger charge is 2.24. The van der Waals surface area contributed by atoms with Crippen molar-refractivity contribution >= 4 is 21.7 Å².